The monoisotopic (exact) mass is 333 g/mol. The van der Waals surface area contributed by atoms with Gasteiger partial charge in [-0.25, -0.2) is 0 Å². The third-order valence-electron chi connectivity index (χ3n) is 4.65. The normalized spacial score (nSPS) is 23.8. The minimum atomic E-state index is -0.648. The number of benzene rings is 1. The van der Waals surface area contributed by atoms with Gasteiger partial charge in [-0.2, -0.15) is 0 Å². The molecule has 1 aromatic carbocycles. The molecule has 1 aromatic rings. The Labute approximate surface area is 138 Å². The van der Waals surface area contributed by atoms with E-state index in [9.17, 15) is 14.4 Å². The molecule has 3 aliphatic rings. The topological polar surface area (TPSA) is 69.7 Å². The number of carbonyl (C=O) groups is 3. The van der Waals surface area contributed by atoms with E-state index in [1.165, 1.54) is 0 Å². The van der Waals surface area contributed by atoms with E-state index in [0.717, 1.165) is 12.8 Å². The molecule has 3 amide bonds. The lowest BCUT2D eigenvalue weighted by Crippen LogP contribution is -2.59. The Morgan fingerprint density at radius 1 is 1.22 bits per heavy atom. The summed E-state index contributed by atoms with van der Waals surface area (Å²) < 4.78 is 0. The van der Waals surface area contributed by atoms with Crippen molar-refractivity contribution in [1.29, 1.82) is 0 Å². The first-order chi connectivity index (χ1) is 11.0. The molecule has 0 aromatic heterocycles. The highest BCUT2D eigenvalue weighted by atomic mass is 35.5. The van der Waals surface area contributed by atoms with E-state index < -0.39 is 6.04 Å². The Hall–Kier alpha value is -2.08. The summed E-state index contributed by atoms with van der Waals surface area (Å²) in [5.41, 5.74) is 0.870. The van der Waals surface area contributed by atoms with Crippen molar-refractivity contribution >= 4 is 35.0 Å². The Morgan fingerprint density at radius 2 is 2.00 bits per heavy atom. The lowest BCUT2D eigenvalue weighted by Gasteiger charge is -2.39. The number of anilines is 1. The fourth-order valence-electron chi connectivity index (χ4n) is 3.22. The quantitative estimate of drug-likeness (QED) is 0.843. The molecule has 0 spiro atoms. The zero-order valence-corrected chi connectivity index (χ0v) is 13.2. The first-order valence-electron chi connectivity index (χ1n) is 7.75. The third kappa shape index (κ3) is 2.47. The van der Waals surface area contributed by atoms with Crippen molar-refractivity contribution in [1.82, 2.24) is 9.80 Å². The van der Waals surface area contributed by atoms with Crippen LogP contribution in [0.25, 0.3) is 0 Å². The standard InChI is InChI=1S/C16H16ClN3O3/c17-10-3-4-11-12(7-10)18-14(21)13-8-19(15(22)9-1-2-9)5-6-20(13)16(11)23/h3-4,7,9,13H,1-2,5-6,8H2,(H,18,21). The van der Waals surface area contributed by atoms with E-state index in [0.29, 0.717) is 29.4 Å². The molecule has 0 radical (unpaired) electrons. The van der Waals surface area contributed by atoms with Crippen LogP contribution in [0.1, 0.15) is 23.2 Å². The van der Waals surface area contributed by atoms with Gasteiger partial charge in [-0.3, -0.25) is 14.4 Å². The molecule has 6 nitrogen and oxygen atoms in total. The van der Waals surface area contributed by atoms with E-state index in [1.807, 2.05) is 0 Å². The Kier molecular flexibility index (Phi) is 3.30. The van der Waals surface area contributed by atoms with Crippen LogP contribution in [0.4, 0.5) is 5.69 Å². The number of piperazine rings is 1. The van der Waals surface area contributed by atoms with E-state index in [-0.39, 0.29) is 30.2 Å². The van der Waals surface area contributed by atoms with Gasteiger partial charge in [-0.1, -0.05) is 11.6 Å². The number of carbonyl (C=O) groups excluding carboxylic acids is 3. The van der Waals surface area contributed by atoms with Crippen LogP contribution in [-0.2, 0) is 9.59 Å². The van der Waals surface area contributed by atoms with Crippen molar-refractivity contribution in [3.8, 4) is 0 Å². The van der Waals surface area contributed by atoms with E-state index in [1.54, 1.807) is 28.0 Å². The predicted molar refractivity (Wildman–Crippen MR) is 84.2 cm³/mol. The molecule has 120 valence electrons. The molecule has 1 N–H and O–H groups in total. The minimum Gasteiger partial charge on any atom is -0.338 e. The number of hydrogen-bond acceptors (Lipinski definition) is 3. The molecule has 1 saturated heterocycles. The summed E-state index contributed by atoms with van der Waals surface area (Å²) in [6.45, 7) is 1.11. The Balaban J connectivity index is 1.63. The molecule has 7 heteroatoms. The molecular weight excluding hydrogens is 318 g/mol. The number of hydrogen-bond donors (Lipinski definition) is 1. The Morgan fingerprint density at radius 3 is 2.74 bits per heavy atom. The molecule has 2 fully saturated rings. The van der Waals surface area contributed by atoms with Gasteiger partial charge >= 0.3 is 0 Å². The lowest BCUT2D eigenvalue weighted by molar-refractivity contribution is -0.136. The van der Waals surface area contributed by atoms with Crippen LogP contribution >= 0.6 is 11.6 Å². The average Bonchev–Trinajstić information content (AvgIpc) is 3.38. The van der Waals surface area contributed by atoms with Crippen LogP contribution in [0.3, 0.4) is 0 Å². The van der Waals surface area contributed by atoms with Crippen molar-refractivity contribution in [2.75, 3.05) is 25.0 Å². The smallest absolute Gasteiger partial charge is 0.256 e. The van der Waals surface area contributed by atoms with Crippen molar-refractivity contribution in [2.24, 2.45) is 5.92 Å². The number of rotatable bonds is 1. The second-order valence-corrected chi connectivity index (χ2v) is 6.69. The van der Waals surface area contributed by atoms with Gasteiger partial charge in [0.05, 0.1) is 17.8 Å². The Bertz CT molecular complexity index is 717. The largest absolute Gasteiger partial charge is 0.338 e. The van der Waals surface area contributed by atoms with Gasteiger partial charge in [0.2, 0.25) is 11.8 Å². The van der Waals surface area contributed by atoms with Gasteiger partial charge in [0.25, 0.3) is 5.91 Å². The van der Waals surface area contributed by atoms with Crippen LogP contribution < -0.4 is 5.32 Å². The van der Waals surface area contributed by atoms with Crippen LogP contribution in [-0.4, -0.2) is 53.2 Å². The van der Waals surface area contributed by atoms with E-state index in [2.05, 4.69) is 5.32 Å². The molecule has 4 rings (SSSR count). The highest BCUT2D eigenvalue weighted by Gasteiger charge is 2.42. The number of nitrogens with one attached hydrogen (secondary N) is 1. The fourth-order valence-corrected chi connectivity index (χ4v) is 3.39. The van der Waals surface area contributed by atoms with Crippen molar-refractivity contribution in [3.63, 3.8) is 0 Å². The molecule has 1 saturated carbocycles. The summed E-state index contributed by atoms with van der Waals surface area (Å²) in [6.07, 6.45) is 1.86. The SMILES string of the molecule is O=C1Nc2cc(Cl)ccc2C(=O)N2CCN(C(=O)C3CC3)CC12. The highest BCUT2D eigenvalue weighted by Crippen LogP contribution is 2.33. The van der Waals surface area contributed by atoms with E-state index in [4.69, 9.17) is 11.6 Å². The lowest BCUT2D eigenvalue weighted by atomic mass is 10.1. The summed E-state index contributed by atoms with van der Waals surface area (Å²) in [4.78, 5) is 40.8. The highest BCUT2D eigenvalue weighted by molar-refractivity contribution is 6.31. The molecular formula is C16H16ClN3O3. The average molecular weight is 334 g/mol. The van der Waals surface area contributed by atoms with Gasteiger partial charge in [0.15, 0.2) is 0 Å². The van der Waals surface area contributed by atoms with E-state index >= 15 is 0 Å². The fraction of sp³-hybridized carbons (Fsp3) is 0.438. The maximum absolute atomic E-state index is 12.7. The number of halogens is 1. The second kappa shape index (κ2) is 5.23. The molecule has 1 atom stereocenters. The van der Waals surface area contributed by atoms with Crippen LogP contribution in [0.2, 0.25) is 5.02 Å². The molecule has 2 heterocycles. The minimum absolute atomic E-state index is 0.106. The van der Waals surface area contributed by atoms with Gasteiger partial charge in [0.1, 0.15) is 6.04 Å². The zero-order chi connectivity index (χ0) is 16.1. The number of nitrogens with zero attached hydrogens (tertiary/aromatic N) is 2. The van der Waals surface area contributed by atoms with Crippen LogP contribution in [0, 0.1) is 5.92 Å². The second-order valence-electron chi connectivity index (χ2n) is 6.25. The van der Waals surface area contributed by atoms with Gasteiger partial charge < -0.3 is 15.1 Å². The molecule has 2 aliphatic heterocycles. The maximum Gasteiger partial charge on any atom is 0.256 e. The van der Waals surface area contributed by atoms with Gasteiger partial charge in [0, 0.05) is 24.0 Å². The summed E-state index contributed by atoms with van der Waals surface area (Å²) in [5.74, 6) is -0.247. The van der Waals surface area contributed by atoms with Gasteiger partial charge in [-0.15, -0.1) is 0 Å². The predicted octanol–water partition coefficient (Wildman–Crippen LogP) is 1.36. The number of fused-ring (bicyclic) bond motifs is 2. The molecule has 0 bridgehead atoms. The third-order valence-corrected chi connectivity index (χ3v) is 4.89. The van der Waals surface area contributed by atoms with Crippen molar-refractivity contribution < 1.29 is 14.4 Å². The van der Waals surface area contributed by atoms with Gasteiger partial charge in [-0.05, 0) is 31.0 Å². The van der Waals surface area contributed by atoms with Crippen molar-refractivity contribution in [2.45, 2.75) is 18.9 Å². The maximum atomic E-state index is 12.7. The van der Waals surface area contributed by atoms with Crippen LogP contribution in [0.5, 0.6) is 0 Å². The number of amides is 3. The first kappa shape index (κ1) is 14.5. The molecule has 1 aliphatic carbocycles. The van der Waals surface area contributed by atoms with Crippen molar-refractivity contribution in [3.05, 3.63) is 28.8 Å². The van der Waals surface area contributed by atoms with Crippen LogP contribution in [0.15, 0.2) is 18.2 Å². The molecule has 23 heavy (non-hydrogen) atoms. The summed E-state index contributed by atoms with van der Waals surface area (Å²) in [7, 11) is 0. The zero-order valence-electron chi connectivity index (χ0n) is 12.4. The summed E-state index contributed by atoms with van der Waals surface area (Å²) in [6, 6.07) is 4.20. The summed E-state index contributed by atoms with van der Waals surface area (Å²) in [5, 5.41) is 3.23. The summed E-state index contributed by atoms with van der Waals surface area (Å²) >= 11 is 5.96. The first-order valence-corrected chi connectivity index (χ1v) is 8.12. The molecule has 1 unspecified atom stereocenters.